The monoisotopic (exact) mass is 355 g/mol. The third-order valence-electron chi connectivity index (χ3n) is 3.79. The second-order valence-electron chi connectivity index (χ2n) is 5.59. The van der Waals surface area contributed by atoms with E-state index in [1.54, 1.807) is 6.26 Å². The molecule has 2 unspecified atom stereocenters. The Kier molecular flexibility index (Phi) is 5.03. The van der Waals surface area contributed by atoms with E-state index in [0.29, 0.717) is 5.02 Å². The van der Waals surface area contributed by atoms with Crippen molar-refractivity contribution < 1.29 is 4.21 Å². The number of hydrogen-bond acceptors (Lipinski definition) is 2. The fourth-order valence-electron chi connectivity index (χ4n) is 2.53. The van der Waals surface area contributed by atoms with Crippen LogP contribution in [0, 0.1) is 0 Å². The molecule has 0 aliphatic rings. The smallest absolute Gasteiger partial charge is 0.110 e. The first-order valence-corrected chi connectivity index (χ1v) is 9.93. The maximum Gasteiger partial charge on any atom is 0.110 e. The predicted molar refractivity (Wildman–Crippen MR) is 101 cm³/mol. The highest BCUT2D eigenvalue weighted by Crippen LogP contribution is 2.29. The van der Waals surface area contributed by atoms with E-state index in [1.165, 1.54) is 0 Å². The van der Waals surface area contributed by atoms with E-state index in [0.717, 1.165) is 16.0 Å². The Hall–Kier alpha value is -2.10. The van der Waals surface area contributed by atoms with Crippen molar-refractivity contribution in [3.05, 3.63) is 101 Å². The van der Waals surface area contributed by atoms with Crippen molar-refractivity contribution in [2.24, 2.45) is 4.36 Å². The fourth-order valence-corrected chi connectivity index (χ4v) is 4.09. The van der Waals surface area contributed by atoms with Gasteiger partial charge >= 0.3 is 0 Å². The summed E-state index contributed by atoms with van der Waals surface area (Å²) in [6, 6.07) is 26.5. The van der Waals surface area contributed by atoms with Crippen molar-refractivity contribution in [1.29, 1.82) is 0 Å². The second-order valence-corrected chi connectivity index (χ2v) is 8.31. The van der Waals surface area contributed by atoms with Crippen LogP contribution in [0.15, 0.2) is 94.2 Å². The molecule has 0 N–H and O–H groups in total. The highest BCUT2D eigenvalue weighted by Gasteiger charge is 2.16. The Morgan fingerprint density at radius 2 is 1.29 bits per heavy atom. The van der Waals surface area contributed by atoms with Crippen molar-refractivity contribution in [1.82, 2.24) is 0 Å². The Morgan fingerprint density at radius 3 is 1.88 bits per heavy atom. The molecule has 24 heavy (non-hydrogen) atoms. The van der Waals surface area contributed by atoms with Gasteiger partial charge in [-0.15, -0.1) is 0 Å². The van der Waals surface area contributed by atoms with Crippen LogP contribution in [0.3, 0.4) is 0 Å². The van der Waals surface area contributed by atoms with Crippen LogP contribution in [0.4, 0.5) is 0 Å². The van der Waals surface area contributed by atoms with Gasteiger partial charge in [0.25, 0.3) is 0 Å². The zero-order chi connectivity index (χ0) is 17.0. The predicted octanol–water partition coefficient (Wildman–Crippen LogP) is 5.59. The summed E-state index contributed by atoms with van der Waals surface area (Å²) in [5, 5.41) is 0.672. The topological polar surface area (TPSA) is 29.4 Å². The molecule has 0 aliphatic carbocycles. The molecule has 0 spiro atoms. The van der Waals surface area contributed by atoms with Crippen LogP contribution in [-0.4, -0.2) is 10.5 Å². The molecule has 0 radical (unpaired) electrons. The van der Waals surface area contributed by atoms with Crippen molar-refractivity contribution in [3.8, 4) is 0 Å². The highest BCUT2D eigenvalue weighted by molar-refractivity contribution is 7.93. The molecule has 2 nitrogen and oxygen atoms in total. The molecule has 4 heteroatoms. The second kappa shape index (κ2) is 7.20. The lowest BCUT2D eigenvalue weighted by molar-refractivity contribution is 0.675. The number of halogens is 1. The molecule has 0 amide bonds. The van der Waals surface area contributed by atoms with E-state index in [2.05, 4.69) is 0 Å². The van der Waals surface area contributed by atoms with Gasteiger partial charge in [-0.05, 0) is 35.4 Å². The lowest BCUT2D eigenvalue weighted by Gasteiger charge is -2.16. The minimum Gasteiger partial charge on any atom is -0.245 e. The van der Waals surface area contributed by atoms with Crippen LogP contribution < -0.4 is 0 Å². The third-order valence-corrected chi connectivity index (χ3v) is 5.80. The molecule has 3 aromatic rings. The summed E-state index contributed by atoms with van der Waals surface area (Å²) in [5.41, 5.74) is 1.97. The van der Waals surface area contributed by atoms with Gasteiger partial charge in [0.05, 0.1) is 9.73 Å². The number of benzene rings is 3. The molecule has 0 bridgehead atoms. The van der Waals surface area contributed by atoms with Gasteiger partial charge in [0.2, 0.25) is 0 Å². The van der Waals surface area contributed by atoms with Crippen LogP contribution in [0.25, 0.3) is 0 Å². The van der Waals surface area contributed by atoms with E-state index >= 15 is 0 Å². The average Bonchev–Trinajstić information content (AvgIpc) is 2.62. The maximum absolute atomic E-state index is 13.2. The Balaban J connectivity index is 2.14. The minimum absolute atomic E-state index is 0.304. The van der Waals surface area contributed by atoms with Gasteiger partial charge in [0, 0.05) is 16.2 Å². The van der Waals surface area contributed by atoms with Gasteiger partial charge in [0.1, 0.15) is 6.04 Å². The van der Waals surface area contributed by atoms with Crippen LogP contribution in [-0.2, 0) is 9.73 Å². The van der Waals surface area contributed by atoms with Gasteiger partial charge in [-0.3, -0.25) is 0 Å². The van der Waals surface area contributed by atoms with Gasteiger partial charge in [-0.1, -0.05) is 72.3 Å². The largest absolute Gasteiger partial charge is 0.245 e. The molecule has 0 heterocycles. The van der Waals surface area contributed by atoms with E-state index in [9.17, 15) is 4.21 Å². The average molecular weight is 356 g/mol. The zero-order valence-electron chi connectivity index (χ0n) is 13.3. The first-order chi connectivity index (χ1) is 11.6. The zero-order valence-corrected chi connectivity index (χ0v) is 14.9. The number of rotatable bonds is 4. The normalized spacial score (nSPS) is 14.6. The summed E-state index contributed by atoms with van der Waals surface area (Å²) >= 11 is 6.00. The molecule has 0 fully saturated rings. The molecular formula is C20H18ClNOS. The molecule has 0 saturated heterocycles. The molecule has 0 aromatic heterocycles. The standard InChI is InChI=1S/C20H18ClNOS/c1-24(23,19-10-6-3-7-11-19)22-20(16-8-4-2-5-9-16)17-12-14-18(21)15-13-17/h2-15,20H,1H3. The Labute approximate surface area is 148 Å². The van der Waals surface area contributed by atoms with Crippen LogP contribution >= 0.6 is 11.6 Å². The maximum atomic E-state index is 13.2. The van der Waals surface area contributed by atoms with E-state index in [-0.39, 0.29) is 6.04 Å². The van der Waals surface area contributed by atoms with Gasteiger partial charge in [0.15, 0.2) is 0 Å². The summed E-state index contributed by atoms with van der Waals surface area (Å²) in [5.74, 6) is 0. The molecule has 0 saturated carbocycles. The molecule has 0 aliphatic heterocycles. The molecule has 3 aromatic carbocycles. The van der Waals surface area contributed by atoms with Crippen molar-refractivity contribution >= 4 is 21.3 Å². The van der Waals surface area contributed by atoms with Crippen molar-refractivity contribution in [3.63, 3.8) is 0 Å². The highest BCUT2D eigenvalue weighted by atomic mass is 35.5. The van der Waals surface area contributed by atoms with Crippen molar-refractivity contribution in [2.45, 2.75) is 10.9 Å². The molecular weight excluding hydrogens is 338 g/mol. The minimum atomic E-state index is -2.52. The summed E-state index contributed by atoms with van der Waals surface area (Å²) in [4.78, 5) is 0.736. The van der Waals surface area contributed by atoms with E-state index in [4.69, 9.17) is 16.0 Å². The van der Waals surface area contributed by atoms with Gasteiger partial charge in [-0.25, -0.2) is 8.57 Å². The van der Waals surface area contributed by atoms with E-state index in [1.807, 2.05) is 84.9 Å². The first-order valence-electron chi connectivity index (χ1n) is 7.63. The fraction of sp³-hybridized carbons (Fsp3) is 0.100. The number of hydrogen-bond donors (Lipinski definition) is 0. The summed E-state index contributed by atoms with van der Waals surface area (Å²) in [7, 11) is -2.52. The quantitative estimate of drug-likeness (QED) is 0.600. The van der Waals surface area contributed by atoms with Gasteiger partial charge < -0.3 is 0 Å². The summed E-state index contributed by atoms with van der Waals surface area (Å²) in [6.07, 6.45) is 1.69. The summed E-state index contributed by atoms with van der Waals surface area (Å²) < 4.78 is 18.0. The van der Waals surface area contributed by atoms with Crippen LogP contribution in [0.2, 0.25) is 5.02 Å². The lowest BCUT2D eigenvalue weighted by atomic mass is 10.00. The Bertz CT molecular complexity index is 915. The first kappa shape index (κ1) is 16.7. The van der Waals surface area contributed by atoms with Crippen LogP contribution in [0.5, 0.6) is 0 Å². The SMILES string of the molecule is CS(=O)(=NC(c1ccccc1)c1ccc(Cl)cc1)c1ccccc1. The number of nitrogens with zero attached hydrogens (tertiary/aromatic N) is 1. The van der Waals surface area contributed by atoms with E-state index < -0.39 is 9.73 Å². The van der Waals surface area contributed by atoms with Gasteiger partial charge in [-0.2, -0.15) is 0 Å². The van der Waals surface area contributed by atoms with Crippen LogP contribution in [0.1, 0.15) is 17.2 Å². The van der Waals surface area contributed by atoms with Crippen molar-refractivity contribution in [2.75, 3.05) is 6.26 Å². The lowest BCUT2D eigenvalue weighted by Crippen LogP contribution is -2.04. The third kappa shape index (κ3) is 3.86. The molecule has 2 atom stereocenters. The summed E-state index contributed by atoms with van der Waals surface area (Å²) in [6.45, 7) is 0. The molecule has 122 valence electrons. The Morgan fingerprint density at radius 1 is 0.792 bits per heavy atom. The molecule has 3 rings (SSSR count).